The van der Waals surface area contributed by atoms with E-state index in [2.05, 4.69) is 5.32 Å². The van der Waals surface area contributed by atoms with Gasteiger partial charge in [-0.1, -0.05) is 13.0 Å². The minimum absolute atomic E-state index is 0.0415. The molecule has 6 heteroatoms. The first-order chi connectivity index (χ1) is 8.60. The lowest BCUT2D eigenvalue weighted by molar-refractivity contribution is -0.384. The molecule has 0 heterocycles. The molecule has 0 aliphatic rings. The zero-order chi connectivity index (χ0) is 13.5. The van der Waals surface area contributed by atoms with Gasteiger partial charge in [0.05, 0.1) is 4.92 Å². The van der Waals surface area contributed by atoms with E-state index in [9.17, 15) is 10.1 Å². The van der Waals surface area contributed by atoms with Crippen molar-refractivity contribution in [3.8, 4) is 6.07 Å². The van der Waals surface area contributed by atoms with Crippen LogP contribution < -0.4 is 5.32 Å². The lowest BCUT2D eigenvalue weighted by Gasteiger charge is -2.12. The minimum Gasteiger partial charge on any atom is -0.396 e. The highest BCUT2D eigenvalue weighted by molar-refractivity contribution is 5.68. The van der Waals surface area contributed by atoms with Crippen molar-refractivity contribution in [3.63, 3.8) is 0 Å². The fourth-order valence-electron chi connectivity index (χ4n) is 1.58. The van der Waals surface area contributed by atoms with E-state index >= 15 is 0 Å². The fourth-order valence-corrected chi connectivity index (χ4v) is 1.58. The minimum atomic E-state index is -0.558. The van der Waals surface area contributed by atoms with Crippen molar-refractivity contribution >= 4 is 11.4 Å². The van der Waals surface area contributed by atoms with Gasteiger partial charge >= 0.3 is 5.69 Å². The van der Waals surface area contributed by atoms with Gasteiger partial charge in [0.1, 0.15) is 17.3 Å². The largest absolute Gasteiger partial charge is 0.396 e. The number of nitrogens with one attached hydrogen (secondary N) is 1. The van der Waals surface area contributed by atoms with Crippen LogP contribution >= 0.6 is 0 Å². The predicted molar refractivity (Wildman–Crippen MR) is 67.2 cm³/mol. The van der Waals surface area contributed by atoms with Crippen molar-refractivity contribution in [3.05, 3.63) is 33.9 Å². The van der Waals surface area contributed by atoms with Crippen LogP contribution in [0.3, 0.4) is 0 Å². The summed E-state index contributed by atoms with van der Waals surface area (Å²) in [6.07, 6.45) is 0.624. The maximum Gasteiger partial charge on any atom is 0.309 e. The van der Waals surface area contributed by atoms with E-state index in [0.717, 1.165) is 0 Å². The number of para-hydroxylation sites is 1. The Morgan fingerprint density at radius 3 is 2.89 bits per heavy atom. The Balaban J connectivity index is 2.89. The first-order valence-electron chi connectivity index (χ1n) is 5.62. The first kappa shape index (κ1) is 13.9. The number of anilines is 1. The van der Waals surface area contributed by atoms with Crippen LogP contribution in [0.5, 0.6) is 0 Å². The number of nitriles is 1. The van der Waals surface area contributed by atoms with E-state index in [1.807, 2.05) is 13.0 Å². The summed E-state index contributed by atoms with van der Waals surface area (Å²) in [5.41, 5.74) is 0.180. The van der Waals surface area contributed by atoms with Gasteiger partial charge in [-0.2, -0.15) is 5.26 Å². The van der Waals surface area contributed by atoms with Gasteiger partial charge in [-0.3, -0.25) is 10.1 Å². The number of benzene rings is 1. The second-order valence-electron chi connectivity index (χ2n) is 4.07. The summed E-state index contributed by atoms with van der Waals surface area (Å²) in [7, 11) is 0. The molecule has 0 fully saturated rings. The van der Waals surface area contributed by atoms with E-state index in [-0.39, 0.29) is 23.8 Å². The van der Waals surface area contributed by atoms with Gasteiger partial charge in [0.15, 0.2) is 0 Å². The van der Waals surface area contributed by atoms with Gasteiger partial charge in [0, 0.05) is 13.2 Å². The van der Waals surface area contributed by atoms with Crippen molar-refractivity contribution in [1.29, 1.82) is 5.26 Å². The average molecular weight is 249 g/mol. The molecular formula is C12H15N3O3. The summed E-state index contributed by atoms with van der Waals surface area (Å²) in [4.78, 5) is 10.4. The summed E-state index contributed by atoms with van der Waals surface area (Å²) in [6, 6.07) is 6.40. The number of nitro benzene ring substituents is 1. The summed E-state index contributed by atoms with van der Waals surface area (Å²) < 4.78 is 0. The highest BCUT2D eigenvalue weighted by Crippen LogP contribution is 2.28. The molecule has 1 atom stereocenters. The van der Waals surface area contributed by atoms with Gasteiger partial charge in [-0.05, 0) is 24.5 Å². The highest BCUT2D eigenvalue weighted by Gasteiger charge is 2.19. The lowest BCUT2D eigenvalue weighted by Crippen LogP contribution is -2.13. The maximum absolute atomic E-state index is 10.9. The van der Waals surface area contributed by atoms with Crippen LogP contribution in [0.25, 0.3) is 0 Å². The Kier molecular flexibility index (Phi) is 5.08. The van der Waals surface area contributed by atoms with E-state index in [1.54, 1.807) is 12.1 Å². The SMILES string of the molecule is CC(CCO)CNc1cccc(C#N)c1[N+](=O)[O-]. The first-order valence-corrected chi connectivity index (χ1v) is 5.62. The Bertz CT molecular complexity index is 468. The normalized spacial score (nSPS) is 11.6. The molecular weight excluding hydrogens is 234 g/mol. The molecule has 0 spiro atoms. The van der Waals surface area contributed by atoms with Gasteiger partial charge in [-0.15, -0.1) is 0 Å². The van der Waals surface area contributed by atoms with Gasteiger partial charge in [-0.25, -0.2) is 0 Å². The summed E-state index contributed by atoms with van der Waals surface area (Å²) >= 11 is 0. The third-order valence-electron chi connectivity index (χ3n) is 2.60. The molecule has 1 rings (SSSR count). The Morgan fingerprint density at radius 2 is 2.33 bits per heavy atom. The quantitative estimate of drug-likeness (QED) is 0.592. The second kappa shape index (κ2) is 6.57. The number of rotatable bonds is 6. The summed E-state index contributed by atoms with van der Waals surface area (Å²) in [6.45, 7) is 2.53. The summed E-state index contributed by atoms with van der Waals surface area (Å²) in [5.74, 6) is 0.195. The molecule has 0 aliphatic carbocycles. The number of aliphatic hydroxyl groups is 1. The highest BCUT2D eigenvalue weighted by atomic mass is 16.6. The molecule has 0 aliphatic heterocycles. The smallest absolute Gasteiger partial charge is 0.309 e. The predicted octanol–water partition coefficient (Wildman–Crippen LogP) is 1.90. The number of nitrogens with zero attached hydrogens (tertiary/aromatic N) is 2. The lowest BCUT2D eigenvalue weighted by atomic mass is 10.1. The molecule has 0 radical (unpaired) electrons. The van der Waals surface area contributed by atoms with Crippen molar-refractivity contribution < 1.29 is 10.0 Å². The van der Waals surface area contributed by atoms with Crippen LogP contribution in [0.2, 0.25) is 0 Å². The molecule has 1 unspecified atom stereocenters. The molecule has 0 aromatic heterocycles. The van der Waals surface area contributed by atoms with Gasteiger partial charge in [0.2, 0.25) is 0 Å². The van der Waals surface area contributed by atoms with Crippen molar-refractivity contribution in [2.24, 2.45) is 5.92 Å². The number of hydrogen-bond donors (Lipinski definition) is 2. The Morgan fingerprint density at radius 1 is 1.61 bits per heavy atom. The molecule has 0 saturated carbocycles. The monoisotopic (exact) mass is 249 g/mol. The topological polar surface area (TPSA) is 99.2 Å². The average Bonchev–Trinajstić information content (AvgIpc) is 2.35. The van der Waals surface area contributed by atoms with Gasteiger partial charge < -0.3 is 10.4 Å². The molecule has 1 aromatic rings. The van der Waals surface area contributed by atoms with Crippen molar-refractivity contribution in [2.45, 2.75) is 13.3 Å². The molecule has 0 amide bonds. The van der Waals surface area contributed by atoms with E-state index in [0.29, 0.717) is 18.7 Å². The van der Waals surface area contributed by atoms with Crippen molar-refractivity contribution in [1.82, 2.24) is 0 Å². The number of aliphatic hydroxyl groups excluding tert-OH is 1. The van der Waals surface area contributed by atoms with Crippen LogP contribution in [-0.2, 0) is 0 Å². The van der Waals surface area contributed by atoms with Crippen LogP contribution in [0.4, 0.5) is 11.4 Å². The summed E-state index contributed by atoms with van der Waals surface area (Å²) in [5, 5.41) is 31.5. The van der Waals surface area contributed by atoms with Crippen molar-refractivity contribution in [2.75, 3.05) is 18.5 Å². The third-order valence-corrected chi connectivity index (χ3v) is 2.60. The Labute approximate surface area is 105 Å². The van der Waals surface area contributed by atoms with E-state index < -0.39 is 4.92 Å². The fraction of sp³-hybridized carbons (Fsp3) is 0.417. The van der Waals surface area contributed by atoms with E-state index in [4.69, 9.17) is 10.4 Å². The van der Waals surface area contributed by atoms with Crippen LogP contribution in [0.1, 0.15) is 18.9 Å². The van der Waals surface area contributed by atoms with Gasteiger partial charge in [0.25, 0.3) is 0 Å². The molecule has 1 aromatic carbocycles. The van der Waals surface area contributed by atoms with Crippen LogP contribution in [0, 0.1) is 27.4 Å². The molecule has 6 nitrogen and oxygen atoms in total. The molecule has 96 valence electrons. The van der Waals surface area contributed by atoms with E-state index in [1.165, 1.54) is 6.07 Å². The number of hydrogen-bond acceptors (Lipinski definition) is 5. The second-order valence-corrected chi connectivity index (χ2v) is 4.07. The van der Waals surface area contributed by atoms with Crippen LogP contribution in [-0.4, -0.2) is 23.2 Å². The zero-order valence-electron chi connectivity index (χ0n) is 10.1. The van der Waals surface area contributed by atoms with Crippen LogP contribution in [0.15, 0.2) is 18.2 Å². The zero-order valence-corrected chi connectivity index (χ0v) is 10.1. The molecule has 0 bridgehead atoms. The molecule has 18 heavy (non-hydrogen) atoms. The molecule has 0 saturated heterocycles. The third kappa shape index (κ3) is 3.43. The Hall–Kier alpha value is -2.13. The standard InChI is InChI=1S/C12H15N3O3/c1-9(5-6-16)8-14-11-4-2-3-10(7-13)12(11)15(17)18/h2-4,9,14,16H,5-6,8H2,1H3. The molecule has 2 N–H and O–H groups in total. The number of nitro groups is 1. The maximum atomic E-state index is 10.9.